The summed E-state index contributed by atoms with van der Waals surface area (Å²) in [4.78, 5) is 17.0. The summed E-state index contributed by atoms with van der Waals surface area (Å²) < 4.78 is 16.9. The van der Waals surface area contributed by atoms with Crippen LogP contribution in [0.2, 0.25) is 5.02 Å². The molecule has 0 radical (unpaired) electrons. The van der Waals surface area contributed by atoms with Gasteiger partial charge in [-0.2, -0.15) is 0 Å². The minimum atomic E-state index is -0.217. The van der Waals surface area contributed by atoms with Crippen molar-refractivity contribution >= 4 is 62.2 Å². The molecule has 2 N–H and O–H groups in total. The second-order valence-electron chi connectivity index (χ2n) is 8.64. The molecule has 0 aliphatic carbocycles. The first kappa shape index (κ1) is 26.2. The van der Waals surface area contributed by atoms with Crippen molar-refractivity contribution in [3.05, 3.63) is 95.6 Å². The zero-order valence-corrected chi connectivity index (χ0v) is 22.7. The monoisotopic (exact) mass is 557 g/mol. The van der Waals surface area contributed by atoms with Crippen LogP contribution in [-0.2, 0) is 11.2 Å². The fourth-order valence-corrected chi connectivity index (χ4v) is 4.63. The van der Waals surface area contributed by atoms with Crippen LogP contribution >= 0.6 is 23.8 Å². The average Bonchev–Trinajstić information content (AvgIpc) is 2.93. The molecule has 7 nitrogen and oxygen atoms in total. The van der Waals surface area contributed by atoms with Gasteiger partial charge in [-0.1, -0.05) is 54.1 Å². The Morgan fingerprint density at radius 3 is 2.41 bits per heavy atom. The van der Waals surface area contributed by atoms with Crippen molar-refractivity contribution in [1.29, 1.82) is 0 Å². The predicted molar refractivity (Wildman–Crippen MR) is 158 cm³/mol. The van der Waals surface area contributed by atoms with E-state index in [4.69, 9.17) is 38.0 Å². The van der Waals surface area contributed by atoms with Crippen molar-refractivity contribution in [2.75, 3.05) is 19.5 Å². The number of ether oxygens (including phenoxy) is 3. The molecular weight excluding hydrogens is 534 g/mol. The van der Waals surface area contributed by atoms with Crippen molar-refractivity contribution in [1.82, 2.24) is 10.3 Å². The average molecular weight is 558 g/mol. The van der Waals surface area contributed by atoms with E-state index in [1.165, 1.54) is 0 Å². The van der Waals surface area contributed by atoms with E-state index in [9.17, 15) is 4.79 Å². The number of thiocarbonyl (C=S) groups is 1. The molecule has 0 bridgehead atoms. The van der Waals surface area contributed by atoms with Crippen LogP contribution < -0.4 is 24.8 Å². The maximum Gasteiger partial charge on any atom is 0.230 e. The summed E-state index contributed by atoms with van der Waals surface area (Å²) in [6.45, 7) is 0. The van der Waals surface area contributed by atoms with E-state index in [1.54, 1.807) is 56.8 Å². The smallest absolute Gasteiger partial charge is 0.230 e. The van der Waals surface area contributed by atoms with Crippen LogP contribution in [0.1, 0.15) is 5.56 Å². The number of methoxy groups -OCH3 is 2. The number of aromatic nitrogens is 1. The van der Waals surface area contributed by atoms with Gasteiger partial charge in [0.15, 0.2) is 16.6 Å². The molecule has 0 aliphatic rings. The highest BCUT2D eigenvalue weighted by atomic mass is 35.5. The first-order chi connectivity index (χ1) is 18.9. The number of hydrogen-bond acceptors (Lipinski definition) is 6. The molecule has 1 amide bonds. The zero-order chi connectivity index (χ0) is 27.4. The van der Waals surface area contributed by atoms with Crippen LogP contribution in [0.5, 0.6) is 23.0 Å². The highest BCUT2D eigenvalue weighted by Crippen LogP contribution is 2.38. The number of hydrogen-bond donors (Lipinski definition) is 2. The molecule has 0 spiro atoms. The van der Waals surface area contributed by atoms with Crippen LogP contribution in [-0.4, -0.2) is 30.2 Å². The van der Waals surface area contributed by atoms with Crippen LogP contribution in [0.25, 0.3) is 21.7 Å². The third-order valence-electron chi connectivity index (χ3n) is 6.05. The minimum Gasteiger partial charge on any atom is -0.493 e. The number of benzene rings is 4. The van der Waals surface area contributed by atoms with Crippen LogP contribution in [0.3, 0.4) is 0 Å². The lowest BCUT2D eigenvalue weighted by atomic mass is 10.1. The number of carbonyl (C=O) groups is 1. The molecule has 1 heterocycles. The van der Waals surface area contributed by atoms with E-state index >= 15 is 0 Å². The molecule has 9 heteroatoms. The standard InChI is InChI=1S/C30H24ClN3O4S/c1-36-27-16-22-24(17-28(27)37-2)32-12-11-25(22)38-26-10-9-21(15-23(26)31)33-30(39)34-29(35)14-18-7-8-19-5-3-4-6-20(19)13-18/h3-13,15-17H,14H2,1-2H3,(H2,33,34,35,39). The van der Waals surface area contributed by atoms with Gasteiger partial charge >= 0.3 is 0 Å². The fourth-order valence-electron chi connectivity index (χ4n) is 4.18. The lowest BCUT2D eigenvalue weighted by Gasteiger charge is -2.14. The van der Waals surface area contributed by atoms with Crippen molar-refractivity contribution in [3.63, 3.8) is 0 Å². The molecule has 0 saturated heterocycles. The van der Waals surface area contributed by atoms with E-state index < -0.39 is 0 Å². The Labute approximate surface area is 235 Å². The number of carbonyl (C=O) groups excluding carboxylic acids is 1. The van der Waals surface area contributed by atoms with Gasteiger partial charge in [-0.15, -0.1) is 0 Å². The van der Waals surface area contributed by atoms with Gasteiger partial charge in [-0.05, 0) is 58.9 Å². The Morgan fingerprint density at radius 1 is 0.872 bits per heavy atom. The molecule has 5 aromatic rings. The zero-order valence-electron chi connectivity index (χ0n) is 21.2. The fraction of sp³-hybridized carbons (Fsp3) is 0.100. The first-order valence-electron chi connectivity index (χ1n) is 12.0. The second kappa shape index (κ2) is 11.6. The second-order valence-corrected chi connectivity index (χ2v) is 9.46. The summed E-state index contributed by atoms with van der Waals surface area (Å²) in [6.07, 6.45) is 1.85. The lowest BCUT2D eigenvalue weighted by Crippen LogP contribution is -2.35. The van der Waals surface area contributed by atoms with Gasteiger partial charge in [-0.25, -0.2) is 0 Å². The molecule has 0 atom stereocenters. The normalized spacial score (nSPS) is 10.7. The van der Waals surface area contributed by atoms with E-state index in [0.29, 0.717) is 39.2 Å². The summed E-state index contributed by atoms with van der Waals surface area (Å²) >= 11 is 11.9. The molecule has 4 aromatic carbocycles. The number of pyridine rings is 1. The Bertz CT molecular complexity index is 1710. The third-order valence-corrected chi connectivity index (χ3v) is 6.55. The molecule has 196 valence electrons. The van der Waals surface area contributed by atoms with Crippen molar-refractivity contribution in [2.45, 2.75) is 6.42 Å². The van der Waals surface area contributed by atoms with Crippen LogP contribution in [0.4, 0.5) is 5.69 Å². The molecule has 0 saturated carbocycles. The maximum absolute atomic E-state index is 12.6. The van der Waals surface area contributed by atoms with Gasteiger partial charge in [0.2, 0.25) is 5.91 Å². The minimum absolute atomic E-state index is 0.173. The van der Waals surface area contributed by atoms with Gasteiger partial charge in [0.25, 0.3) is 0 Å². The summed E-state index contributed by atoms with van der Waals surface area (Å²) in [6, 6.07) is 24.4. The predicted octanol–water partition coefficient (Wildman–Crippen LogP) is 6.91. The Balaban J connectivity index is 1.24. The quantitative estimate of drug-likeness (QED) is 0.210. The van der Waals surface area contributed by atoms with Gasteiger partial charge in [0, 0.05) is 23.3 Å². The molecule has 1 aromatic heterocycles. The van der Waals surface area contributed by atoms with Gasteiger partial charge in [0.1, 0.15) is 11.5 Å². The first-order valence-corrected chi connectivity index (χ1v) is 12.8. The Morgan fingerprint density at radius 2 is 1.64 bits per heavy atom. The molecule has 0 fully saturated rings. The molecule has 5 rings (SSSR count). The van der Waals surface area contributed by atoms with Crippen molar-refractivity contribution in [3.8, 4) is 23.0 Å². The number of rotatable bonds is 7. The number of nitrogens with one attached hydrogen (secondary N) is 2. The number of anilines is 1. The lowest BCUT2D eigenvalue weighted by molar-refractivity contribution is -0.119. The van der Waals surface area contributed by atoms with Crippen molar-refractivity contribution in [2.24, 2.45) is 0 Å². The summed E-state index contributed by atoms with van der Waals surface area (Å²) in [5.41, 5.74) is 2.19. The van der Waals surface area contributed by atoms with Gasteiger partial charge in [0.05, 0.1) is 31.2 Å². The number of fused-ring (bicyclic) bond motifs is 2. The summed E-state index contributed by atoms with van der Waals surface area (Å²) in [7, 11) is 3.14. The van der Waals surface area contributed by atoms with Crippen LogP contribution in [0, 0.1) is 0 Å². The maximum atomic E-state index is 12.6. The van der Waals surface area contributed by atoms with Gasteiger partial charge < -0.3 is 24.8 Å². The van der Waals surface area contributed by atoms with Crippen molar-refractivity contribution < 1.29 is 19.0 Å². The van der Waals surface area contributed by atoms with Gasteiger partial charge in [-0.3, -0.25) is 9.78 Å². The van der Waals surface area contributed by atoms with E-state index in [0.717, 1.165) is 21.7 Å². The van der Waals surface area contributed by atoms with E-state index in [2.05, 4.69) is 15.6 Å². The SMILES string of the molecule is COc1cc2nccc(Oc3ccc(NC(=S)NC(=O)Cc4ccc5ccccc5c4)cc3Cl)c2cc1OC. The van der Waals surface area contributed by atoms with E-state index in [1.807, 2.05) is 42.5 Å². The Kier molecular flexibility index (Phi) is 7.76. The number of halogens is 1. The number of nitrogens with zero attached hydrogens (tertiary/aromatic N) is 1. The largest absolute Gasteiger partial charge is 0.493 e. The summed E-state index contributed by atoms with van der Waals surface area (Å²) in [5, 5.41) is 9.19. The highest BCUT2D eigenvalue weighted by molar-refractivity contribution is 7.80. The molecule has 0 aliphatic heterocycles. The molecule has 0 unspecified atom stereocenters. The molecule has 39 heavy (non-hydrogen) atoms. The Hall–Kier alpha value is -4.40. The summed E-state index contributed by atoms with van der Waals surface area (Å²) in [5.74, 6) is 1.91. The van der Waals surface area contributed by atoms with E-state index in [-0.39, 0.29) is 17.4 Å². The third kappa shape index (κ3) is 6.03. The highest BCUT2D eigenvalue weighted by Gasteiger charge is 2.13. The van der Waals surface area contributed by atoms with Crippen LogP contribution in [0.15, 0.2) is 85.1 Å². The topological polar surface area (TPSA) is 81.7 Å². The number of amides is 1. The molecular formula is C30H24ClN3O4S.